The number of nitrogens with zero attached hydrogens (tertiary/aromatic N) is 4. The molecule has 134 valence electrons. The number of rotatable bonds is 5. The Morgan fingerprint density at radius 2 is 2.07 bits per heavy atom. The molecule has 0 aliphatic carbocycles. The van der Waals surface area contributed by atoms with E-state index >= 15 is 0 Å². The first-order chi connectivity index (χ1) is 13.2. The lowest BCUT2D eigenvalue weighted by Gasteiger charge is -2.09. The van der Waals surface area contributed by atoms with Crippen LogP contribution < -0.4 is 5.32 Å². The molecule has 0 saturated carbocycles. The summed E-state index contributed by atoms with van der Waals surface area (Å²) < 4.78 is 2.61. The maximum atomic E-state index is 12.5. The standard InChI is InChI=1S/C19H14BrN5OS/c20-14-5-3-4-13(10-14)19-22-15(12-27-19)11-18(26)23-16-6-1-2-7-17(16)25-9-8-21-24-25/h1-10,12H,11H2,(H,23,26). The number of aromatic nitrogens is 4. The second-order valence-corrected chi connectivity index (χ2v) is 7.52. The van der Waals surface area contributed by atoms with Crippen LogP contribution in [0.4, 0.5) is 5.69 Å². The third-order valence-electron chi connectivity index (χ3n) is 3.81. The van der Waals surface area contributed by atoms with Crippen LogP contribution in [0.5, 0.6) is 0 Å². The molecule has 0 radical (unpaired) electrons. The number of nitrogens with one attached hydrogen (secondary N) is 1. The molecule has 0 spiro atoms. The van der Waals surface area contributed by atoms with Gasteiger partial charge >= 0.3 is 0 Å². The topological polar surface area (TPSA) is 72.7 Å². The zero-order chi connectivity index (χ0) is 18.6. The van der Waals surface area contributed by atoms with E-state index in [9.17, 15) is 4.79 Å². The van der Waals surface area contributed by atoms with Gasteiger partial charge in [-0.15, -0.1) is 16.4 Å². The van der Waals surface area contributed by atoms with Crippen molar-refractivity contribution >= 4 is 38.9 Å². The number of para-hydroxylation sites is 2. The molecule has 0 atom stereocenters. The van der Waals surface area contributed by atoms with Gasteiger partial charge in [0.2, 0.25) is 5.91 Å². The van der Waals surface area contributed by atoms with Gasteiger partial charge in [0.05, 0.1) is 35.9 Å². The maximum Gasteiger partial charge on any atom is 0.230 e. The third kappa shape index (κ3) is 4.12. The lowest BCUT2D eigenvalue weighted by Crippen LogP contribution is -2.16. The van der Waals surface area contributed by atoms with Crippen molar-refractivity contribution in [3.8, 4) is 16.3 Å². The van der Waals surface area contributed by atoms with Crippen LogP contribution in [0.2, 0.25) is 0 Å². The Hall–Kier alpha value is -2.84. The Morgan fingerprint density at radius 3 is 2.89 bits per heavy atom. The molecule has 6 nitrogen and oxygen atoms in total. The Kier molecular flexibility index (Phi) is 5.08. The van der Waals surface area contributed by atoms with Crippen molar-refractivity contribution < 1.29 is 4.79 Å². The maximum absolute atomic E-state index is 12.5. The van der Waals surface area contributed by atoms with E-state index in [1.807, 2.05) is 53.9 Å². The fourth-order valence-corrected chi connectivity index (χ4v) is 3.83. The first-order valence-electron chi connectivity index (χ1n) is 8.15. The number of hydrogen-bond acceptors (Lipinski definition) is 5. The second-order valence-electron chi connectivity index (χ2n) is 5.74. The fourth-order valence-electron chi connectivity index (χ4n) is 2.62. The van der Waals surface area contributed by atoms with E-state index in [2.05, 4.69) is 36.5 Å². The van der Waals surface area contributed by atoms with E-state index in [1.165, 1.54) is 11.3 Å². The molecule has 0 aliphatic rings. The predicted molar refractivity (Wildman–Crippen MR) is 109 cm³/mol. The van der Waals surface area contributed by atoms with Gasteiger partial charge in [0.25, 0.3) is 0 Å². The Bertz CT molecular complexity index is 1080. The Balaban J connectivity index is 1.48. The number of thiazole rings is 1. The van der Waals surface area contributed by atoms with Crippen molar-refractivity contribution in [3.05, 3.63) is 76.5 Å². The summed E-state index contributed by atoms with van der Waals surface area (Å²) in [5, 5.41) is 13.5. The smallest absolute Gasteiger partial charge is 0.230 e. The van der Waals surface area contributed by atoms with Crippen LogP contribution in [0.25, 0.3) is 16.3 Å². The first-order valence-corrected chi connectivity index (χ1v) is 9.82. The van der Waals surface area contributed by atoms with Gasteiger partial charge in [-0.1, -0.05) is 45.4 Å². The molecule has 8 heteroatoms. The molecule has 0 aliphatic heterocycles. The normalized spacial score (nSPS) is 10.7. The molecule has 0 bridgehead atoms. The van der Waals surface area contributed by atoms with Crippen molar-refractivity contribution in [2.75, 3.05) is 5.32 Å². The van der Waals surface area contributed by atoms with Gasteiger partial charge in [0, 0.05) is 15.4 Å². The average Bonchev–Trinajstić information content (AvgIpc) is 3.34. The van der Waals surface area contributed by atoms with Crippen molar-refractivity contribution in [1.29, 1.82) is 0 Å². The Labute approximate surface area is 168 Å². The molecule has 1 amide bonds. The number of anilines is 1. The highest BCUT2D eigenvalue weighted by atomic mass is 79.9. The number of halogens is 1. The number of carbonyl (C=O) groups is 1. The van der Waals surface area contributed by atoms with Gasteiger partial charge in [-0.05, 0) is 24.3 Å². The quantitative estimate of drug-likeness (QED) is 0.501. The molecule has 4 rings (SSSR count). The van der Waals surface area contributed by atoms with Crippen LogP contribution >= 0.6 is 27.3 Å². The summed E-state index contributed by atoms with van der Waals surface area (Å²) in [6.45, 7) is 0. The second kappa shape index (κ2) is 7.81. The first kappa shape index (κ1) is 17.6. The number of carbonyl (C=O) groups excluding carboxylic acids is 1. The molecule has 27 heavy (non-hydrogen) atoms. The molecular formula is C19H14BrN5OS. The summed E-state index contributed by atoms with van der Waals surface area (Å²) in [5.41, 5.74) is 3.20. The number of benzene rings is 2. The van der Waals surface area contributed by atoms with E-state index in [1.54, 1.807) is 17.1 Å². The molecule has 2 heterocycles. The van der Waals surface area contributed by atoms with Gasteiger partial charge in [-0.25, -0.2) is 9.67 Å². The molecule has 2 aromatic carbocycles. The van der Waals surface area contributed by atoms with E-state index in [-0.39, 0.29) is 12.3 Å². The van der Waals surface area contributed by atoms with Crippen molar-refractivity contribution in [2.24, 2.45) is 0 Å². The highest BCUT2D eigenvalue weighted by molar-refractivity contribution is 9.10. The molecule has 0 fully saturated rings. The third-order valence-corrected chi connectivity index (χ3v) is 5.25. The molecular weight excluding hydrogens is 426 g/mol. The van der Waals surface area contributed by atoms with E-state index in [0.29, 0.717) is 5.69 Å². The van der Waals surface area contributed by atoms with E-state index < -0.39 is 0 Å². The summed E-state index contributed by atoms with van der Waals surface area (Å²) >= 11 is 4.99. The zero-order valence-corrected chi connectivity index (χ0v) is 16.4. The minimum atomic E-state index is -0.131. The largest absolute Gasteiger partial charge is 0.324 e. The summed E-state index contributed by atoms with van der Waals surface area (Å²) in [7, 11) is 0. The van der Waals surface area contributed by atoms with Crippen LogP contribution in [-0.4, -0.2) is 25.9 Å². The van der Waals surface area contributed by atoms with Crippen molar-refractivity contribution in [1.82, 2.24) is 20.0 Å². The van der Waals surface area contributed by atoms with Gasteiger partial charge in [-0.2, -0.15) is 0 Å². The van der Waals surface area contributed by atoms with Crippen LogP contribution in [0, 0.1) is 0 Å². The summed E-state index contributed by atoms with van der Waals surface area (Å²) in [5.74, 6) is -0.131. The highest BCUT2D eigenvalue weighted by Gasteiger charge is 2.12. The molecule has 1 N–H and O–H groups in total. The Morgan fingerprint density at radius 1 is 1.19 bits per heavy atom. The molecule has 0 saturated heterocycles. The van der Waals surface area contributed by atoms with Crippen LogP contribution in [0.3, 0.4) is 0 Å². The average molecular weight is 440 g/mol. The monoisotopic (exact) mass is 439 g/mol. The van der Waals surface area contributed by atoms with Crippen molar-refractivity contribution in [3.63, 3.8) is 0 Å². The minimum Gasteiger partial charge on any atom is -0.324 e. The lowest BCUT2D eigenvalue weighted by atomic mass is 10.2. The summed E-state index contributed by atoms with van der Waals surface area (Å²) in [4.78, 5) is 17.1. The highest BCUT2D eigenvalue weighted by Crippen LogP contribution is 2.26. The predicted octanol–water partition coefficient (Wildman–Crippen LogP) is 4.33. The van der Waals surface area contributed by atoms with Gasteiger partial charge in [0.1, 0.15) is 5.01 Å². The molecule has 2 aromatic heterocycles. The zero-order valence-electron chi connectivity index (χ0n) is 14.0. The van der Waals surface area contributed by atoms with Gasteiger partial charge in [-0.3, -0.25) is 4.79 Å². The number of amides is 1. The van der Waals surface area contributed by atoms with Gasteiger partial charge < -0.3 is 5.32 Å². The lowest BCUT2D eigenvalue weighted by molar-refractivity contribution is -0.115. The SMILES string of the molecule is O=C(Cc1csc(-c2cccc(Br)c2)n1)Nc1ccccc1-n1ccnn1. The van der Waals surface area contributed by atoms with Crippen LogP contribution in [0.1, 0.15) is 5.69 Å². The summed E-state index contributed by atoms with van der Waals surface area (Å²) in [6.07, 6.45) is 3.53. The van der Waals surface area contributed by atoms with E-state index in [4.69, 9.17) is 0 Å². The van der Waals surface area contributed by atoms with Crippen LogP contribution in [-0.2, 0) is 11.2 Å². The minimum absolute atomic E-state index is 0.131. The fraction of sp³-hybridized carbons (Fsp3) is 0.0526. The molecule has 4 aromatic rings. The number of hydrogen-bond donors (Lipinski definition) is 1. The summed E-state index contributed by atoms with van der Waals surface area (Å²) in [6, 6.07) is 15.4. The van der Waals surface area contributed by atoms with E-state index in [0.717, 1.165) is 26.4 Å². The van der Waals surface area contributed by atoms with Crippen molar-refractivity contribution in [2.45, 2.75) is 6.42 Å². The molecule has 0 unspecified atom stereocenters. The van der Waals surface area contributed by atoms with Gasteiger partial charge in [0.15, 0.2) is 0 Å². The van der Waals surface area contributed by atoms with Crippen LogP contribution in [0.15, 0.2) is 70.8 Å².